The summed E-state index contributed by atoms with van der Waals surface area (Å²) in [5.41, 5.74) is 2.66. The molecule has 60 heavy (non-hydrogen) atoms. The summed E-state index contributed by atoms with van der Waals surface area (Å²) < 4.78 is 23.8. The molecule has 0 bridgehead atoms. The number of carbonyl (C=O) groups is 1. The molecule has 0 aliphatic carbocycles. The zero-order valence-corrected chi connectivity index (χ0v) is 39.0. The van der Waals surface area contributed by atoms with Gasteiger partial charge in [-0.15, -0.1) is 0 Å². The zero-order valence-electron chi connectivity index (χ0n) is 35.5. The number of rotatable bonds is 13. The minimum atomic E-state index is -3.24. The maximum atomic E-state index is 10.5. The number of aldehydes is 1. The standard InChI is InChI=1S/C42H42BrO2PSi.C10H12O3/c1-42(2,3)47(38-26-16-8-17-27-38,39-28-18-9-19-29-39)45-41-32-34(30-31-40(41)44-4)33-46(43,35-20-10-5-11-21-35,36-22-12-6-13-23-36)37-24-14-7-15-25-37;1-7-4-8(6-11)5-9(12-2)10(7)13-3/h5-32H,33H2,1-4H3;4-6H,1-3H3. The number of hydrogen-bond donors (Lipinski definition) is 0. The molecule has 5 nitrogen and oxygen atoms in total. The Bertz CT molecular complexity index is 2340. The van der Waals surface area contributed by atoms with Crippen molar-refractivity contribution in [3.63, 3.8) is 0 Å². The fourth-order valence-corrected chi connectivity index (χ4v) is 20.4. The molecule has 0 spiro atoms. The van der Waals surface area contributed by atoms with Crippen LogP contribution in [0, 0.1) is 6.92 Å². The van der Waals surface area contributed by atoms with Crippen LogP contribution in [0.4, 0.5) is 0 Å². The molecule has 0 heterocycles. The van der Waals surface area contributed by atoms with Gasteiger partial charge in [0.05, 0.1) is 14.2 Å². The Morgan fingerprint density at radius 3 is 1.37 bits per heavy atom. The van der Waals surface area contributed by atoms with Crippen molar-refractivity contribution in [2.75, 3.05) is 21.3 Å². The van der Waals surface area contributed by atoms with Crippen LogP contribution >= 0.6 is 20.8 Å². The molecule has 0 aliphatic heterocycles. The van der Waals surface area contributed by atoms with Crippen molar-refractivity contribution in [3.8, 4) is 23.0 Å². The van der Waals surface area contributed by atoms with Crippen LogP contribution in [0.5, 0.6) is 23.0 Å². The quantitative estimate of drug-likeness (QED) is 0.0656. The molecule has 0 fully saturated rings. The van der Waals surface area contributed by atoms with Crippen LogP contribution in [0.2, 0.25) is 5.04 Å². The van der Waals surface area contributed by atoms with Crippen LogP contribution in [-0.2, 0) is 6.16 Å². The Morgan fingerprint density at radius 2 is 0.983 bits per heavy atom. The molecular weight excluding hydrogens is 844 g/mol. The zero-order chi connectivity index (χ0) is 42.8. The summed E-state index contributed by atoms with van der Waals surface area (Å²) in [4.78, 5) is 10.5. The Labute approximate surface area is 365 Å². The van der Waals surface area contributed by atoms with Gasteiger partial charge in [-0.25, -0.2) is 0 Å². The summed E-state index contributed by atoms with van der Waals surface area (Å²) >= 11 is 4.65. The van der Waals surface area contributed by atoms with Crippen molar-refractivity contribution in [1.82, 2.24) is 0 Å². The van der Waals surface area contributed by atoms with E-state index >= 15 is 0 Å². The average Bonchev–Trinajstić information content (AvgIpc) is 3.29. The second kappa shape index (κ2) is 18.9. The molecule has 0 amide bonds. The third kappa shape index (κ3) is 8.58. The van der Waals surface area contributed by atoms with Crippen LogP contribution in [0.15, 0.2) is 182 Å². The van der Waals surface area contributed by atoms with Gasteiger partial charge in [0.1, 0.15) is 6.29 Å². The first-order valence-corrected chi connectivity index (χ1v) is 26.3. The third-order valence-corrected chi connectivity index (χ3v) is 25.5. The Morgan fingerprint density at radius 1 is 0.550 bits per heavy atom. The molecular formula is C52H54BrO5PSi. The molecule has 308 valence electrons. The average molecular weight is 898 g/mol. The number of halogens is 1. The fourth-order valence-electron chi connectivity index (χ4n) is 8.24. The summed E-state index contributed by atoms with van der Waals surface area (Å²) in [6.45, 7) is 8.79. The van der Waals surface area contributed by atoms with E-state index in [-0.39, 0.29) is 5.04 Å². The molecule has 0 saturated carbocycles. The second-order valence-corrected chi connectivity index (χ2v) is 28.9. The minimum absolute atomic E-state index is 0.191. The Balaban J connectivity index is 0.000000397. The van der Waals surface area contributed by atoms with Crippen molar-refractivity contribution < 1.29 is 23.4 Å². The van der Waals surface area contributed by atoms with Crippen LogP contribution in [0.3, 0.4) is 0 Å². The van der Waals surface area contributed by atoms with E-state index in [1.807, 2.05) is 6.92 Å². The molecule has 0 aliphatic rings. The number of aryl methyl sites for hydroxylation is 1. The molecule has 0 N–H and O–H groups in total. The molecule has 0 aromatic heterocycles. The molecule has 8 heteroatoms. The SMILES string of the molecule is COc1cc(C=O)cc(C)c1OC.COc1ccc(CP(Br)(c2ccccc2)(c2ccccc2)c2ccccc2)cc1O[Si](c1ccccc1)(c1ccccc1)C(C)(C)C. The molecule has 0 radical (unpaired) electrons. The predicted molar refractivity (Wildman–Crippen MR) is 259 cm³/mol. The number of benzene rings is 7. The summed E-state index contributed by atoms with van der Waals surface area (Å²) in [6.07, 6.45) is 1.54. The van der Waals surface area contributed by atoms with E-state index in [4.69, 9.17) is 18.6 Å². The van der Waals surface area contributed by atoms with Gasteiger partial charge in [0, 0.05) is 5.56 Å². The Kier molecular flexibility index (Phi) is 13.9. The first kappa shape index (κ1) is 44.1. The van der Waals surface area contributed by atoms with Crippen molar-refractivity contribution in [2.24, 2.45) is 0 Å². The van der Waals surface area contributed by atoms with Crippen molar-refractivity contribution >= 4 is 61.7 Å². The van der Waals surface area contributed by atoms with Gasteiger partial charge < -0.3 is 9.47 Å². The van der Waals surface area contributed by atoms with E-state index in [1.54, 1.807) is 33.5 Å². The van der Waals surface area contributed by atoms with Crippen molar-refractivity contribution in [2.45, 2.75) is 38.9 Å². The molecule has 7 rings (SSSR count). The van der Waals surface area contributed by atoms with E-state index in [0.29, 0.717) is 17.1 Å². The van der Waals surface area contributed by atoms with Gasteiger partial charge in [0.15, 0.2) is 11.5 Å². The number of hydrogen-bond acceptors (Lipinski definition) is 5. The molecule has 0 atom stereocenters. The van der Waals surface area contributed by atoms with Gasteiger partial charge in [-0.1, -0.05) is 0 Å². The van der Waals surface area contributed by atoms with E-state index in [9.17, 15) is 4.79 Å². The molecule has 7 aromatic carbocycles. The molecule has 7 aromatic rings. The topological polar surface area (TPSA) is 54.0 Å². The predicted octanol–water partition coefficient (Wildman–Crippen LogP) is 10.8. The van der Waals surface area contributed by atoms with Crippen LogP contribution in [0.25, 0.3) is 0 Å². The van der Waals surface area contributed by atoms with E-state index < -0.39 is 13.6 Å². The normalized spacial score (nSPS) is 12.2. The van der Waals surface area contributed by atoms with Crippen molar-refractivity contribution in [3.05, 3.63) is 199 Å². The summed E-state index contributed by atoms with van der Waals surface area (Å²) in [6, 6.07) is 64.3. The van der Waals surface area contributed by atoms with Gasteiger partial charge in [-0.3, -0.25) is 4.79 Å². The van der Waals surface area contributed by atoms with Gasteiger partial charge in [-0.05, 0) is 24.6 Å². The first-order valence-electron chi connectivity index (χ1n) is 20.0. The summed E-state index contributed by atoms with van der Waals surface area (Å²) in [5.74, 6) is 2.76. The third-order valence-electron chi connectivity index (χ3n) is 11.1. The van der Waals surface area contributed by atoms with Crippen LogP contribution in [-0.4, -0.2) is 35.9 Å². The maximum absolute atomic E-state index is 10.5. The summed E-state index contributed by atoms with van der Waals surface area (Å²) in [7, 11) is 1.94. The van der Waals surface area contributed by atoms with E-state index in [0.717, 1.165) is 29.5 Å². The van der Waals surface area contributed by atoms with Crippen molar-refractivity contribution in [1.29, 1.82) is 0 Å². The molecule has 0 unspecified atom stereocenters. The van der Waals surface area contributed by atoms with Gasteiger partial charge in [-0.2, -0.15) is 0 Å². The fraction of sp³-hybridized carbons (Fsp3) is 0.173. The van der Waals surface area contributed by atoms with Crippen LogP contribution in [0.1, 0.15) is 42.3 Å². The van der Waals surface area contributed by atoms with E-state index in [2.05, 4.69) is 206 Å². The summed E-state index contributed by atoms with van der Waals surface area (Å²) in [5, 5.41) is 2.86. The first-order chi connectivity index (χ1) is 28.9. The number of methoxy groups -OCH3 is 3. The van der Waals surface area contributed by atoms with Crippen LogP contribution < -0.4 is 44.9 Å². The second-order valence-electron chi connectivity index (χ2n) is 15.8. The van der Waals surface area contributed by atoms with E-state index in [1.165, 1.54) is 31.9 Å². The van der Waals surface area contributed by atoms with Gasteiger partial charge >= 0.3 is 291 Å². The monoisotopic (exact) mass is 896 g/mol. The Hall–Kier alpha value is -5.46. The molecule has 0 saturated heterocycles. The number of carbonyl (C=O) groups excluding carboxylic acids is 1. The van der Waals surface area contributed by atoms with Gasteiger partial charge in [0.2, 0.25) is 0 Å². The van der Waals surface area contributed by atoms with Gasteiger partial charge in [0.25, 0.3) is 0 Å². The number of ether oxygens (including phenoxy) is 3.